The molecule has 1 spiro atoms. The van der Waals surface area contributed by atoms with Gasteiger partial charge in [0.25, 0.3) is 11.5 Å². The molecule has 29 heavy (non-hydrogen) atoms. The molecule has 7 nitrogen and oxygen atoms in total. The van der Waals surface area contributed by atoms with Crippen molar-refractivity contribution in [2.75, 3.05) is 7.11 Å². The highest BCUT2D eigenvalue weighted by atomic mass is 16.6. The standard InChI is InChI=1S/C22H25NO6/c1-4-5-6-10-13-16-14(2)17(24)21(29-16)19(26)22(28-3,23-20(21)27)18(25)15-11-8-7-9-12-15/h5-9,11-12,19,26H,4,10,13H2,1-3H3,(H,23,27). The zero-order valence-electron chi connectivity index (χ0n) is 16.7. The molecule has 3 atom stereocenters. The maximum absolute atomic E-state index is 13.1. The first-order chi connectivity index (χ1) is 13.8. The lowest BCUT2D eigenvalue weighted by Gasteiger charge is -2.32. The van der Waals surface area contributed by atoms with Crippen LogP contribution < -0.4 is 5.32 Å². The fraction of sp³-hybridized carbons (Fsp3) is 0.409. The van der Waals surface area contributed by atoms with Crippen molar-refractivity contribution in [3.05, 3.63) is 59.4 Å². The van der Waals surface area contributed by atoms with Gasteiger partial charge in [-0.1, -0.05) is 49.4 Å². The van der Waals surface area contributed by atoms with Gasteiger partial charge in [-0.05, 0) is 19.8 Å². The Morgan fingerprint density at radius 1 is 1.28 bits per heavy atom. The zero-order valence-corrected chi connectivity index (χ0v) is 16.7. The fourth-order valence-electron chi connectivity index (χ4n) is 3.77. The quantitative estimate of drug-likeness (QED) is 0.413. The van der Waals surface area contributed by atoms with Crippen LogP contribution in [-0.4, -0.2) is 47.1 Å². The van der Waals surface area contributed by atoms with Crippen molar-refractivity contribution in [3.63, 3.8) is 0 Å². The summed E-state index contributed by atoms with van der Waals surface area (Å²) in [6, 6.07) is 8.12. The minimum Gasteiger partial charge on any atom is -0.470 e. The molecule has 2 N–H and O–H groups in total. The highest BCUT2D eigenvalue weighted by Crippen LogP contribution is 2.44. The summed E-state index contributed by atoms with van der Waals surface area (Å²) in [7, 11) is 1.19. The minimum absolute atomic E-state index is 0.228. The Kier molecular flexibility index (Phi) is 5.73. The van der Waals surface area contributed by atoms with Gasteiger partial charge in [-0.25, -0.2) is 0 Å². The average molecular weight is 399 g/mol. The Balaban J connectivity index is 1.94. The first-order valence-electron chi connectivity index (χ1n) is 9.59. The summed E-state index contributed by atoms with van der Waals surface area (Å²) < 4.78 is 11.1. The number of carbonyl (C=O) groups is 3. The van der Waals surface area contributed by atoms with Crippen LogP contribution in [0.4, 0.5) is 0 Å². The molecule has 1 amide bonds. The molecule has 0 saturated carbocycles. The summed E-state index contributed by atoms with van der Waals surface area (Å²) in [5.74, 6) is -1.87. The van der Waals surface area contributed by atoms with E-state index in [-0.39, 0.29) is 11.1 Å². The largest absolute Gasteiger partial charge is 0.470 e. The van der Waals surface area contributed by atoms with E-state index in [4.69, 9.17) is 9.47 Å². The molecule has 0 radical (unpaired) electrons. The first-order valence-corrected chi connectivity index (χ1v) is 9.59. The number of hydrogen-bond donors (Lipinski definition) is 2. The van der Waals surface area contributed by atoms with Gasteiger partial charge in [0.05, 0.1) is 0 Å². The second-order valence-electron chi connectivity index (χ2n) is 7.12. The second-order valence-corrected chi connectivity index (χ2v) is 7.12. The molecule has 154 valence electrons. The van der Waals surface area contributed by atoms with Crippen LogP contribution in [0, 0.1) is 0 Å². The predicted molar refractivity (Wildman–Crippen MR) is 105 cm³/mol. The number of ether oxygens (including phenoxy) is 2. The summed E-state index contributed by atoms with van der Waals surface area (Å²) in [4.78, 5) is 39.1. The van der Waals surface area contributed by atoms with E-state index >= 15 is 0 Å². The molecule has 2 aliphatic rings. The first kappa shape index (κ1) is 21.0. The maximum atomic E-state index is 13.1. The number of aliphatic hydroxyl groups excluding tert-OH is 1. The van der Waals surface area contributed by atoms with Gasteiger partial charge in [-0.15, -0.1) is 0 Å². The number of nitrogens with one attached hydrogen (secondary N) is 1. The highest BCUT2D eigenvalue weighted by Gasteiger charge is 2.73. The van der Waals surface area contributed by atoms with Gasteiger partial charge in [0, 0.05) is 24.7 Å². The van der Waals surface area contributed by atoms with E-state index in [9.17, 15) is 19.5 Å². The predicted octanol–water partition coefficient (Wildman–Crippen LogP) is 2.06. The van der Waals surface area contributed by atoms with Crippen LogP contribution in [0.5, 0.6) is 0 Å². The van der Waals surface area contributed by atoms with Gasteiger partial charge < -0.3 is 19.9 Å². The van der Waals surface area contributed by atoms with Crippen molar-refractivity contribution in [3.8, 4) is 0 Å². The Hall–Kier alpha value is -2.77. The number of allylic oxidation sites excluding steroid dienone is 3. The number of rotatable bonds is 7. The molecule has 0 bridgehead atoms. The van der Waals surface area contributed by atoms with Crippen LogP contribution in [0.2, 0.25) is 0 Å². The topological polar surface area (TPSA) is 102 Å². The lowest BCUT2D eigenvalue weighted by molar-refractivity contribution is -0.160. The molecule has 1 saturated heterocycles. The van der Waals surface area contributed by atoms with E-state index in [0.717, 1.165) is 6.42 Å². The van der Waals surface area contributed by atoms with Crippen molar-refractivity contribution in [1.82, 2.24) is 5.32 Å². The number of carbonyl (C=O) groups excluding carboxylic acids is 3. The normalized spacial score (nSPS) is 29.0. The third-order valence-electron chi connectivity index (χ3n) is 5.42. The lowest BCUT2D eigenvalue weighted by Crippen LogP contribution is -2.60. The average Bonchev–Trinajstić information content (AvgIpc) is 3.13. The summed E-state index contributed by atoms with van der Waals surface area (Å²) in [5, 5.41) is 13.5. The van der Waals surface area contributed by atoms with Crippen LogP contribution in [0.3, 0.4) is 0 Å². The molecular formula is C22H25NO6. The smallest absolute Gasteiger partial charge is 0.278 e. The number of methoxy groups -OCH3 is 1. The fourth-order valence-corrected chi connectivity index (χ4v) is 3.77. The van der Waals surface area contributed by atoms with Crippen LogP contribution >= 0.6 is 0 Å². The van der Waals surface area contributed by atoms with E-state index in [1.165, 1.54) is 7.11 Å². The van der Waals surface area contributed by atoms with E-state index in [1.54, 1.807) is 37.3 Å². The minimum atomic E-state index is -2.23. The Morgan fingerprint density at radius 3 is 2.59 bits per heavy atom. The van der Waals surface area contributed by atoms with Crippen LogP contribution in [-0.2, 0) is 19.1 Å². The molecule has 0 aromatic heterocycles. The number of ketones is 2. The van der Waals surface area contributed by atoms with Crippen LogP contribution in [0.1, 0.15) is 43.5 Å². The zero-order chi connectivity index (χ0) is 21.2. The number of Topliss-reactive ketones (excluding diaryl/α,β-unsaturated/α-hetero) is 2. The summed E-state index contributed by atoms with van der Waals surface area (Å²) in [6.45, 7) is 3.57. The van der Waals surface area contributed by atoms with E-state index in [2.05, 4.69) is 5.32 Å². The Labute approximate surface area is 169 Å². The molecule has 1 aromatic rings. The molecule has 1 aromatic carbocycles. The van der Waals surface area contributed by atoms with E-state index < -0.39 is 34.9 Å². The molecular weight excluding hydrogens is 374 g/mol. The van der Waals surface area contributed by atoms with Crippen molar-refractivity contribution < 1.29 is 29.0 Å². The molecule has 0 aliphatic carbocycles. The van der Waals surface area contributed by atoms with Crippen molar-refractivity contribution in [1.29, 1.82) is 0 Å². The third-order valence-corrected chi connectivity index (χ3v) is 5.42. The Morgan fingerprint density at radius 2 is 1.97 bits per heavy atom. The van der Waals surface area contributed by atoms with Gasteiger partial charge in [-0.3, -0.25) is 14.4 Å². The van der Waals surface area contributed by atoms with E-state index in [0.29, 0.717) is 18.6 Å². The van der Waals surface area contributed by atoms with Crippen molar-refractivity contribution in [2.45, 2.75) is 50.5 Å². The van der Waals surface area contributed by atoms with Gasteiger partial charge in [0.15, 0.2) is 6.10 Å². The monoisotopic (exact) mass is 399 g/mol. The van der Waals surface area contributed by atoms with Crippen LogP contribution in [0.15, 0.2) is 53.8 Å². The number of aliphatic hydroxyl groups is 1. The third kappa shape index (κ3) is 3.10. The van der Waals surface area contributed by atoms with Crippen molar-refractivity contribution >= 4 is 17.5 Å². The number of hydrogen-bond acceptors (Lipinski definition) is 6. The van der Waals surface area contributed by atoms with Crippen molar-refractivity contribution in [2.24, 2.45) is 0 Å². The molecule has 3 rings (SSSR count). The molecule has 1 fully saturated rings. The molecule has 2 heterocycles. The Bertz CT molecular complexity index is 890. The lowest BCUT2D eigenvalue weighted by atomic mass is 9.85. The second kappa shape index (κ2) is 7.93. The summed E-state index contributed by atoms with van der Waals surface area (Å²) in [6.07, 6.45) is 4.02. The van der Waals surface area contributed by atoms with Gasteiger partial charge in [-0.2, -0.15) is 0 Å². The van der Waals surface area contributed by atoms with Gasteiger partial charge in [0.1, 0.15) is 5.76 Å². The molecule has 7 heteroatoms. The summed E-state index contributed by atoms with van der Waals surface area (Å²) in [5.41, 5.74) is -3.85. The highest BCUT2D eigenvalue weighted by molar-refractivity contribution is 6.23. The molecule has 3 unspecified atom stereocenters. The number of benzene rings is 1. The SMILES string of the molecule is CCC=CCCC1=C(C)C(=O)C2(O1)C(=O)NC(OC)(C(=O)c1ccccc1)C2O. The maximum Gasteiger partial charge on any atom is 0.278 e. The van der Waals surface area contributed by atoms with Crippen LogP contribution in [0.25, 0.3) is 0 Å². The summed E-state index contributed by atoms with van der Waals surface area (Å²) >= 11 is 0. The van der Waals surface area contributed by atoms with Gasteiger partial charge in [0.2, 0.25) is 17.3 Å². The van der Waals surface area contributed by atoms with E-state index in [1.807, 2.05) is 19.1 Å². The van der Waals surface area contributed by atoms with Gasteiger partial charge >= 0.3 is 0 Å². The number of amides is 1. The molecule has 2 aliphatic heterocycles.